The van der Waals surface area contributed by atoms with Gasteiger partial charge in [-0.15, -0.1) is 0 Å². The maximum absolute atomic E-state index is 12.6. The molecule has 144 valence electrons. The zero-order valence-electron chi connectivity index (χ0n) is 16.8. The van der Waals surface area contributed by atoms with Crippen molar-refractivity contribution in [1.29, 1.82) is 0 Å². The zero-order chi connectivity index (χ0) is 20.1. The molecule has 0 atom stereocenters. The van der Waals surface area contributed by atoms with Gasteiger partial charge in [-0.25, -0.2) is 9.97 Å². The largest absolute Gasteiger partial charge is 0.324 e. The fourth-order valence-electron chi connectivity index (χ4n) is 2.90. The lowest BCUT2D eigenvalue weighted by molar-refractivity contribution is 0.102. The van der Waals surface area contributed by atoms with Crippen LogP contribution in [0, 0.1) is 0 Å². The topological polar surface area (TPSA) is 66.9 Å². The second kappa shape index (κ2) is 8.21. The number of nitrogens with zero attached hydrogens (tertiary/aromatic N) is 2. The van der Waals surface area contributed by atoms with Gasteiger partial charge in [-0.2, -0.15) is 0 Å². The Bertz CT molecular complexity index is 942. The number of benzene rings is 2. The van der Waals surface area contributed by atoms with Gasteiger partial charge in [0.05, 0.1) is 5.56 Å². The van der Waals surface area contributed by atoms with Crippen LogP contribution in [-0.2, 0) is 11.8 Å². The summed E-state index contributed by atoms with van der Waals surface area (Å²) in [5.74, 6) is 0.228. The molecule has 2 aromatic carbocycles. The lowest BCUT2D eigenvalue weighted by Gasteiger charge is -2.22. The van der Waals surface area contributed by atoms with Crippen LogP contribution in [0.2, 0.25) is 0 Å². The van der Waals surface area contributed by atoms with Crippen LogP contribution in [-0.4, -0.2) is 15.9 Å². The van der Waals surface area contributed by atoms with Crippen molar-refractivity contribution in [3.05, 3.63) is 77.6 Å². The summed E-state index contributed by atoms with van der Waals surface area (Å²) in [5.41, 5.74) is 4.41. The van der Waals surface area contributed by atoms with Crippen LogP contribution < -0.4 is 10.6 Å². The summed E-state index contributed by atoms with van der Waals surface area (Å²) in [6.45, 7) is 8.48. The molecule has 0 aliphatic rings. The minimum atomic E-state index is -0.226. The van der Waals surface area contributed by atoms with Crippen LogP contribution >= 0.6 is 0 Å². The Hall–Kier alpha value is -3.21. The number of rotatable bonds is 5. The summed E-state index contributed by atoms with van der Waals surface area (Å²) in [5, 5.41) is 6.12. The zero-order valence-corrected chi connectivity index (χ0v) is 16.8. The van der Waals surface area contributed by atoms with Crippen molar-refractivity contribution in [3.8, 4) is 0 Å². The third-order valence-corrected chi connectivity index (χ3v) is 4.52. The Morgan fingerprint density at radius 2 is 1.61 bits per heavy atom. The number of para-hydroxylation sites is 1. The van der Waals surface area contributed by atoms with Gasteiger partial charge in [0, 0.05) is 23.8 Å². The van der Waals surface area contributed by atoms with Gasteiger partial charge in [-0.1, -0.05) is 58.0 Å². The fourth-order valence-corrected chi connectivity index (χ4v) is 2.90. The molecule has 0 unspecified atom stereocenters. The smallest absolute Gasteiger partial charge is 0.258 e. The van der Waals surface area contributed by atoms with Crippen LogP contribution in [0.1, 0.15) is 49.2 Å². The van der Waals surface area contributed by atoms with Gasteiger partial charge in [0.25, 0.3) is 5.91 Å². The highest BCUT2D eigenvalue weighted by atomic mass is 16.1. The summed E-state index contributed by atoms with van der Waals surface area (Å²) in [4.78, 5) is 21.2. The predicted molar refractivity (Wildman–Crippen MR) is 114 cm³/mol. The Kier molecular flexibility index (Phi) is 5.73. The molecule has 1 amide bonds. The Morgan fingerprint density at radius 3 is 2.21 bits per heavy atom. The van der Waals surface area contributed by atoms with E-state index in [9.17, 15) is 4.79 Å². The SMILES string of the molecule is CCc1ccc(Nc2ncc(C(=O)Nc3ccccc3C(C)(C)C)cn2)cc1. The van der Waals surface area contributed by atoms with Gasteiger partial charge in [-0.3, -0.25) is 4.79 Å². The van der Waals surface area contributed by atoms with E-state index >= 15 is 0 Å². The molecule has 0 radical (unpaired) electrons. The number of aromatic nitrogens is 2. The summed E-state index contributed by atoms with van der Waals surface area (Å²) in [6.07, 6.45) is 4.06. The first-order valence-corrected chi connectivity index (χ1v) is 9.45. The van der Waals surface area contributed by atoms with E-state index in [-0.39, 0.29) is 11.3 Å². The van der Waals surface area contributed by atoms with E-state index in [0.29, 0.717) is 11.5 Å². The van der Waals surface area contributed by atoms with Crippen molar-refractivity contribution in [2.75, 3.05) is 10.6 Å². The maximum atomic E-state index is 12.6. The fraction of sp³-hybridized carbons (Fsp3) is 0.261. The third kappa shape index (κ3) is 4.74. The van der Waals surface area contributed by atoms with Crippen molar-refractivity contribution in [2.45, 2.75) is 39.5 Å². The van der Waals surface area contributed by atoms with Crippen LogP contribution in [0.5, 0.6) is 0 Å². The van der Waals surface area contributed by atoms with Crippen LogP contribution in [0.4, 0.5) is 17.3 Å². The second-order valence-corrected chi connectivity index (χ2v) is 7.72. The number of nitrogens with one attached hydrogen (secondary N) is 2. The van der Waals surface area contributed by atoms with E-state index in [0.717, 1.165) is 23.4 Å². The molecule has 0 bridgehead atoms. The van der Waals surface area contributed by atoms with Crippen molar-refractivity contribution in [2.24, 2.45) is 0 Å². The molecular formula is C23H26N4O. The van der Waals surface area contributed by atoms with E-state index in [1.54, 1.807) is 0 Å². The third-order valence-electron chi connectivity index (χ3n) is 4.52. The first-order chi connectivity index (χ1) is 13.4. The van der Waals surface area contributed by atoms with Gasteiger partial charge in [0.1, 0.15) is 0 Å². The average molecular weight is 374 g/mol. The van der Waals surface area contributed by atoms with Gasteiger partial charge in [0.2, 0.25) is 5.95 Å². The minimum Gasteiger partial charge on any atom is -0.324 e. The Labute approximate surface area is 166 Å². The number of amides is 1. The maximum Gasteiger partial charge on any atom is 0.258 e. The van der Waals surface area contributed by atoms with Gasteiger partial charge in [0.15, 0.2) is 0 Å². The van der Waals surface area contributed by atoms with E-state index in [1.165, 1.54) is 18.0 Å². The normalized spacial score (nSPS) is 11.1. The molecule has 1 aromatic heterocycles. The number of carbonyl (C=O) groups is 1. The molecule has 2 N–H and O–H groups in total. The number of carbonyl (C=O) groups excluding carboxylic acids is 1. The molecule has 5 nitrogen and oxygen atoms in total. The van der Waals surface area contributed by atoms with Gasteiger partial charge < -0.3 is 10.6 Å². The second-order valence-electron chi connectivity index (χ2n) is 7.72. The number of aryl methyl sites for hydroxylation is 1. The predicted octanol–water partition coefficient (Wildman–Crippen LogP) is 5.33. The molecule has 5 heteroatoms. The molecule has 28 heavy (non-hydrogen) atoms. The van der Waals surface area contributed by atoms with Crippen LogP contribution in [0.3, 0.4) is 0 Å². The number of hydrogen-bond acceptors (Lipinski definition) is 4. The molecule has 3 rings (SSSR count). The molecule has 3 aromatic rings. The Morgan fingerprint density at radius 1 is 0.964 bits per heavy atom. The summed E-state index contributed by atoms with van der Waals surface area (Å²) in [7, 11) is 0. The lowest BCUT2D eigenvalue weighted by atomic mass is 9.86. The first kappa shape index (κ1) is 19.5. The summed E-state index contributed by atoms with van der Waals surface area (Å²) >= 11 is 0. The van der Waals surface area contributed by atoms with Gasteiger partial charge in [-0.05, 0) is 41.2 Å². The standard InChI is InChI=1S/C23H26N4O/c1-5-16-10-12-18(13-11-16)26-22-24-14-17(15-25-22)21(28)27-20-9-7-6-8-19(20)23(2,3)4/h6-15H,5H2,1-4H3,(H,27,28)(H,24,25,26). The van der Waals surface area contributed by atoms with Crippen molar-refractivity contribution >= 4 is 23.2 Å². The molecule has 0 aliphatic carbocycles. The lowest BCUT2D eigenvalue weighted by Crippen LogP contribution is -2.19. The van der Waals surface area contributed by atoms with E-state index in [1.807, 2.05) is 36.4 Å². The molecular weight excluding hydrogens is 348 g/mol. The first-order valence-electron chi connectivity index (χ1n) is 9.45. The molecule has 0 saturated carbocycles. The van der Waals surface area contributed by atoms with Crippen molar-refractivity contribution in [1.82, 2.24) is 9.97 Å². The van der Waals surface area contributed by atoms with Crippen molar-refractivity contribution in [3.63, 3.8) is 0 Å². The average Bonchev–Trinajstić information content (AvgIpc) is 2.69. The van der Waals surface area contributed by atoms with Crippen molar-refractivity contribution < 1.29 is 4.79 Å². The van der Waals surface area contributed by atoms with Crippen LogP contribution in [0.15, 0.2) is 60.9 Å². The number of anilines is 3. The molecule has 0 saturated heterocycles. The molecule has 0 fully saturated rings. The highest BCUT2D eigenvalue weighted by Crippen LogP contribution is 2.29. The monoisotopic (exact) mass is 374 g/mol. The molecule has 0 aliphatic heterocycles. The molecule has 0 spiro atoms. The van der Waals surface area contributed by atoms with Gasteiger partial charge >= 0.3 is 0 Å². The van der Waals surface area contributed by atoms with E-state index < -0.39 is 0 Å². The Balaban J connectivity index is 1.70. The molecule has 1 heterocycles. The highest BCUT2D eigenvalue weighted by Gasteiger charge is 2.19. The van der Waals surface area contributed by atoms with Crippen LogP contribution in [0.25, 0.3) is 0 Å². The highest BCUT2D eigenvalue weighted by molar-refractivity contribution is 6.04. The minimum absolute atomic E-state index is 0.0680. The summed E-state index contributed by atoms with van der Waals surface area (Å²) < 4.78 is 0. The number of hydrogen-bond donors (Lipinski definition) is 2. The van der Waals surface area contributed by atoms with E-state index in [2.05, 4.69) is 60.4 Å². The van der Waals surface area contributed by atoms with E-state index in [4.69, 9.17) is 0 Å². The quantitative estimate of drug-likeness (QED) is 0.633. The summed E-state index contributed by atoms with van der Waals surface area (Å²) in [6, 6.07) is 16.0.